The average Bonchev–Trinajstić information content (AvgIpc) is 2.74. The number of allylic oxidation sites excluding steroid dienone is 5. The summed E-state index contributed by atoms with van der Waals surface area (Å²) < 4.78 is 0. The Balaban J connectivity index is 3.08. The first-order valence-corrected chi connectivity index (χ1v) is 10.3. The summed E-state index contributed by atoms with van der Waals surface area (Å²) in [6, 6.07) is 8.96. The molecule has 30 heavy (non-hydrogen) atoms. The van der Waals surface area contributed by atoms with E-state index in [1.165, 1.54) is 4.90 Å². The smallest absolute Gasteiger partial charge is 0.328 e. The number of carbonyl (C=O) groups is 1. The van der Waals surface area contributed by atoms with Crippen LogP contribution in [0.15, 0.2) is 78.1 Å². The van der Waals surface area contributed by atoms with Crippen molar-refractivity contribution in [3.63, 3.8) is 0 Å². The first-order valence-electron chi connectivity index (χ1n) is 10.3. The highest BCUT2D eigenvalue weighted by molar-refractivity contribution is 5.95. The number of hydrogen-bond donors (Lipinski definition) is 2. The van der Waals surface area contributed by atoms with Crippen LogP contribution in [0, 0.1) is 0 Å². The summed E-state index contributed by atoms with van der Waals surface area (Å²) in [4.78, 5) is 16.6. The van der Waals surface area contributed by atoms with Gasteiger partial charge in [-0.2, -0.15) is 0 Å². The Bertz CT molecular complexity index is 777. The molecule has 0 saturated heterocycles. The molecule has 5 heteroatoms. The predicted molar refractivity (Wildman–Crippen MR) is 125 cm³/mol. The molecule has 0 radical (unpaired) electrons. The second-order valence-corrected chi connectivity index (χ2v) is 7.71. The van der Waals surface area contributed by atoms with E-state index in [1.54, 1.807) is 30.2 Å². The van der Waals surface area contributed by atoms with Gasteiger partial charge >= 0.3 is 6.03 Å². The van der Waals surface area contributed by atoms with E-state index in [1.807, 2.05) is 64.1 Å². The third-order valence-electron chi connectivity index (χ3n) is 4.99. The molecular weight excluding hydrogens is 376 g/mol. The zero-order chi connectivity index (χ0) is 22.7. The van der Waals surface area contributed by atoms with Gasteiger partial charge in [0.1, 0.15) is 0 Å². The molecule has 5 nitrogen and oxygen atoms in total. The standard InChI is InChI=1S/C25H36N2O3/c1-7-11-20(4)24(29)17-15-21(5)26(6)25(30)27(22-12-9-8-10-13-22)23(18-28)16-14-19(2)3/h7-14,16,21,24,28-29H,1,15,17-18H2,2-6H3/b20-11+,23-16+. The fourth-order valence-electron chi connectivity index (χ4n) is 2.90. The van der Waals surface area contributed by atoms with Gasteiger partial charge in [0.05, 0.1) is 24.1 Å². The molecule has 0 saturated carbocycles. The van der Waals surface area contributed by atoms with Crippen molar-refractivity contribution in [2.24, 2.45) is 0 Å². The normalized spacial score (nSPS) is 14.0. The van der Waals surface area contributed by atoms with Gasteiger partial charge in [0, 0.05) is 13.1 Å². The summed E-state index contributed by atoms with van der Waals surface area (Å²) in [5.74, 6) is 0. The number of urea groups is 1. The summed E-state index contributed by atoms with van der Waals surface area (Å²) >= 11 is 0. The molecule has 164 valence electrons. The predicted octanol–water partition coefficient (Wildman–Crippen LogP) is 5.05. The minimum atomic E-state index is -0.565. The number of anilines is 1. The quantitative estimate of drug-likeness (QED) is 0.529. The van der Waals surface area contributed by atoms with Crippen molar-refractivity contribution in [1.82, 2.24) is 4.90 Å². The Hall–Kier alpha value is -2.63. The van der Waals surface area contributed by atoms with Gasteiger partial charge in [-0.25, -0.2) is 4.79 Å². The van der Waals surface area contributed by atoms with Gasteiger partial charge in [-0.15, -0.1) is 0 Å². The molecule has 0 bridgehead atoms. The number of aliphatic hydroxyl groups excluding tert-OH is 2. The SMILES string of the molecule is C=C/C=C(\C)C(O)CCC(C)N(C)C(=O)N(/C(=C/C=C(C)C)CO)c1ccccc1. The molecule has 2 N–H and O–H groups in total. The largest absolute Gasteiger partial charge is 0.390 e. The summed E-state index contributed by atoms with van der Waals surface area (Å²) in [6.45, 7) is 11.1. The summed E-state index contributed by atoms with van der Waals surface area (Å²) in [7, 11) is 1.75. The maximum atomic E-state index is 13.4. The third-order valence-corrected chi connectivity index (χ3v) is 4.99. The molecule has 0 aliphatic rings. The highest BCUT2D eigenvalue weighted by atomic mass is 16.3. The summed E-state index contributed by atoms with van der Waals surface area (Å²) in [5.41, 5.74) is 3.11. The molecule has 0 spiro atoms. The highest BCUT2D eigenvalue weighted by Crippen LogP contribution is 2.23. The Morgan fingerprint density at radius 2 is 1.73 bits per heavy atom. The van der Waals surface area contributed by atoms with Crippen LogP contribution in [0.1, 0.15) is 40.5 Å². The van der Waals surface area contributed by atoms with Crippen molar-refractivity contribution < 1.29 is 15.0 Å². The average molecular weight is 413 g/mol. The van der Waals surface area contributed by atoms with Crippen LogP contribution in [0.2, 0.25) is 0 Å². The van der Waals surface area contributed by atoms with Crippen LogP contribution < -0.4 is 4.90 Å². The van der Waals surface area contributed by atoms with E-state index in [4.69, 9.17) is 0 Å². The van der Waals surface area contributed by atoms with Crippen molar-refractivity contribution in [3.8, 4) is 0 Å². The van der Waals surface area contributed by atoms with Crippen LogP contribution in [0.5, 0.6) is 0 Å². The van der Waals surface area contributed by atoms with Crippen LogP contribution in [0.25, 0.3) is 0 Å². The molecule has 2 atom stereocenters. The second-order valence-electron chi connectivity index (χ2n) is 7.71. The molecule has 0 aromatic heterocycles. The van der Waals surface area contributed by atoms with Crippen LogP contribution in [0.3, 0.4) is 0 Å². The summed E-state index contributed by atoms with van der Waals surface area (Å²) in [5, 5.41) is 20.2. The lowest BCUT2D eigenvalue weighted by molar-refractivity contribution is 0.170. The van der Waals surface area contributed by atoms with Gasteiger partial charge in [0.25, 0.3) is 0 Å². The monoisotopic (exact) mass is 412 g/mol. The van der Waals surface area contributed by atoms with Gasteiger partial charge in [0.15, 0.2) is 0 Å². The molecule has 0 aliphatic heterocycles. The van der Waals surface area contributed by atoms with Gasteiger partial charge in [0.2, 0.25) is 0 Å². The number of rotatable bonds is 10. The van der Waals surface area contributed by atoms with Crippen molar-refractivity contribution >= 4 is 11.7 Å². The molecule has 2 unspecified atom stereocenters. The Kier molecular flexibility index (Phi) is 10.9. The number of para-hydroxylation sites is 1. The lowest BCUT2D eigenvalue weighted by Gasteiger charge is -2.33. The van der Waals surface area contributed by atoms with E-state index in [-0.39, 0.29) is 18.7 Å². The van der Waals surface area contributed by atoms with E-state index in [0.29, 0.717) is 24.2 Å². The number of hydrogen-bond acceptors (Lipinski definition) is 3. The molecule has 1 aromatic carbocycles. The lowest BCUT2D eigenvalue weighted by atomic mass is 10.0. The van der Waals surface area contributed by atoms with Gasteiger partial charge < -0.3 is 15.1 Å². The Morgan fingerprint density at radius 1 is 1.10 bits per heavy atom. The lowest BCUT2D eigenvalue weighted by Crippen LogP contribution is -2.45. The number of aliphatic hydroxyl groups is 2. The van der Waals surface area contributed by atoms with Crippen molar-refractivity contribution in [2.45, 2.75) is 52.7 Å². The minimum Gasteiger partial charge on any atom is -0.390 e. The van der Waals surface area contributed by atoms with Crippen LogP contribution >= 0.6 is 0 Å². The molecule has 2 amide bonds. The molecule has 1 aromatic rings. The topological polar surface area (TPSA) is 64.0 Å². The first kappa shape index (κ1) is 25.4. The fourth-order valence-corrected chi connectivity index (χ4v) is 2.90. The van der Waals surface area contributed by atoms with Crippen LogP contribution in [-0.2, 0) is 0 Å². The Labute approximate surface area is 181 Å². The van der Waals surface area contributed by atoms with E-state index in [0.717, 1.165) is 11.1 Å². The second kappa shape index (κ2) is 12.8. The fraction of sp³-hybridized carbons (Fsp3) is 0.400. The third kappa shape index (κ3) is 7.65. The Morgan fingerprint density at radius 3 is 2.27 bits per heavy atom. The van der Waals surface area contributed by atoms with Crippen molar-refractivity contribution in [3.05, 3.63) is 78.1 Å². The molecule has 1 rings (SSSR count). The molecular formula is C25H36N2O3. The first-order chi connectivity index (χ1) is 14.2. The van der Waals surface area contributed by atoms with Crippen LogP contribution in [0.4, 0.5) is 10.5 Å². The van der Waals surface area contributed by atoms with E-state index >= 15 is 0 Å². The van der Waals surface area contributed by atoms with Crippen LogP contribution in [-0.4, -0.2) is 46.9 Å². The van der Waals surface area contributed by atoms with E-state index in [9.17, 15) is 15.0 Å². The van der Waals surface area contributed by atoms with Gasteiger partial charge in [-0.05, 0) is 64.3 Å². The maximum Gasteiger partial charge on any atom is 0.328 e. The van der Waals surface area contributed by atoms with Gasteiger partial charge in [-0.3, -0.25) is 4.90 Å². The highest BCUT2D eigenvalue weighted by Gasteiger charge is 2.26. The van der Waals surface area contributed by atoms with Crippen molar-refractivity contribution in [1.29, 1.82) is 0 Å². The molecule has 0 heterocycles. The number of carbonyl (C=O) groups excluding carboxylic acids is 1. The number of amides is 2. The molecule has 0 aliphatic carbocycles. The maximum absolute atomic E-state index is 13.4. The number of nitrogens with zero attached hydrogens (tertiary/aromatic N) is 2. The number of benzene rings is 1. The summed E-state index contributed by atoms with van der Waals surface area (Å²) in [6.07, 6.45) is 7.72. The molecule has 0 fully saturated rings. The zero-order valence-corrected chi connectivity index (χ0v) is 18.9. The van der Waals surface area contributed by atoms with E-state index in [2.05, 4.69) is 6.58 Å². The minimum absolute atomic E-state index is 0.0988. The van der Waals surface area contributed by atoms with Gasteiger partial charge in [-0.1, -0.05) is 48.6 Å². The zero-order valence-electron chi connectivity index (χ0n) is 18.9. The van der Waals surface area contributed by atoms with Crippen molar-refractivity contribution in [2.75, 3.05) is 18.6 Å². The van der Waals surface area contributed by atoms with E-state index < -0.39 is 6.10 Å².